The lowest BCUT2D eigenvalue weighted by atomic mass is 9.76. The lowest BCUT2D eigenvalue weighted by Crippen LogP contribution is -2.45. The number of likely N-dealkylation sites (tertiary alicyclic amines) is 6. The molecule has 16 rings (SSSR count). The molecule has 3 atom stereocenters. The van der Waals surface area contributed by atoms with Gasteiger partial charge in [0, 0.05) is 216 Å². The number of halogens is 9. The van der Waals surface area contributed by atoms with Gasteiger partial charge < -0.3 is 48.7 Å². The van der Waals surface area contributed by atoms with E-state index in [0.717, 1.165) is 214 Å². The first kappa shape index (κ1) is 96.3. The highest BCUT2D eigenvalue weighted by Gasteiger charge is 2.42. The average Bonchev–Trinajstić information content (AvgIpc) is 1.57. The van der Waals surface area contributed by atoms with Crippen LogP contribution in [0, 0.1) is 35.5 Å². The Bertz CT molecular complexity index is 4990. The number of morpholine rings is 1. The zero-order valence-corrected chi connectivity index (χ0v) is 84.0. The number of aryl methyl sites for hydroxylation is 6. The largest absolute Gasteiger partial charge is 0.378 e. The second-order valence-corrected chi connectivity index (χ2v) is 43.0. The maximum Gasteiger partial charge on any atom is 0.232 e. The van der Waals surface area contributed by atoms with E-state index in [1.807, 2.05) is 51.5 Å². The maximum atomic E-state index is 13.4. The number of hydrogen-bond donors (Lipinski definition) is 0. The van der Waals surface area contributed by atoms with Crippen LogP contribution >= 0.6 is 130 Å². The van der Waals surface area contributed by atoms with Crippen molar-refractivity contribution >= 4 is 183 Å². The molecule has 21 nitrogen and oxygen atoms in total. The van der Waals surface area contributed by atoms with Crippen molar-refractivity contribution < 1.29 is 47.9 Å². The number of ketones is 1. The number of aromatic nitrogens is 3. The van der Waals surface area contributed by atoms with Gasteiger partial charge in [-0.25, -0.2) is 0 Å². The molecule has 0 unspecified atom stereocenters. The predicted octanol–water partition coefficient (Wildman–Crippen LogP) is 18.6. The van der Waals surface area contributed by atoms with Crippen molar-refractivity contribution in [2.45, 2.75) is 192 Å². The second-order valence-electron chi connectivity index (χ2n) is 36.3. The molecule has 3 aromatic carbocycles. The number of hydrogen-bond acceptors (Lipinski definition) is 13. The van der Waals surface area contributed by atoms with Gasteiger partial charge in [0.25, 0.3) is 0 Å². The quantitative estimate of drug-likeness (QED) is 0.0775. The zero-order valence-electron chi connectivity index (χ0n) is 72.2. The van der Waals surface area contributed by atoms with Gasteiger partial charge in [0.2, 0.25) is 47.3 Å². The fraction of sp³-hybridized carbons (Fsp3) is 0.562. The van der Waals surface area contributed by atoms with Gasteiger partial charge in [-0.15, -0.1) is 0 Å². The molecule has 3 aliphatic carbocycles. The van der Waals surface area contributed by atoms with Crippen molar-refractivity contribution in [1.82, 2.24) is 54.2 Å². The van der Waals surface area contributed by atoms with Gasteiger partial charge in [-0.3, -0.25) is 53.3 Å². The van der Waals surface area contributed by atoms with Crippen LogP contribution in [0.4, 0.5) is 0 Å². The van der Waals surface area contributed by atoms with Gasteiger partial charge in [-0.1, -0.05) is 82.6 Å². The summed E-state index contributed by atoms with van der Waals surface area (Å²) in [6.07, 6.45) is 24.7. The van der Waals surface area contributed by atoms with E-state index in [9.17, 15) is 43.2 Å². The third kappa shape index (κ3) is 24.4. The molecule has 0 N–H and O–H groups in total. The summed E-state index contributed by atoms with van der Waals surface area (Å²) < 4.78 is 11.4. The standard InChI is InChI=1S/C33H39Br2ClN4O4.C32H38Br2ClN3O3.C31H37Br2ClN4O3/c34-25-16-24-2-1-23-17-26(36)18-27(35)31(23)32(33(24)37-20-25)22-5-9-39(10-6-22)28(41)15-21-3-7-38(8-4-21)29(42)19-30(43)40-11-13-44-14-12-40;1-20(39)3-2-4-28(40)37-11-7-21(8-12-37)15-29(41)38-13-9-22(10-14-38)31-30-23(17-26(35)18-27(30)34)5-6-24-16-25(33)19-36-32(24)31;1-36(2)26(39)17-28(41)37-9-5-19(6-10-37)13-27(40)38-11-7-20(8-12-38)30-29-21(15-24(34)16-25(29)33)3-4-22-14-23(32)18-35-31(22)30/h16-18,20-22,32H,1-15,19H2;16-19,21-22,31H,2-15H2,1H3;14-16,18-20,30H,3-13,17H2,1-2H3/t32-;31-;30-/m111/s1. The zero-order chi connectivity index (χ0) is 89.1. The second kappa shape index (κ2) is 44.7. The molecular weight excluding hydrogens is 2050 g/mol. The summed E-state index contributed by atoms with van der Waals surface area (Å²) in [4.78, 5) is 143. The van der Waals surface area contributed by atoms with E-state index in [1.54, 1.807) is 35.7 Å². The number of ether oxygens (including phenoxy) is 1. The first-order valence-corrected chi connectivity index (χ1v) is 51.0. The molecule has 0 radical (unpaired) electrons. The van der Waals surface area contributed by atoms with Crippen LogP contribution in [0.25, 0.3) is 0 Å². The Balaban J connectivity index is 0.000000153. The lowest BCUT2D eigenvalue weighted by molar-refractivity contribution is -0.144. The van der Waals surface area contributed by atoms with Crippen LogP contribution < -0.4 is 0 Å². The van der Waals surface area contributed by atoms with Gasteiger partial charge >= 0.3 is 0 Å². The molecule has 676 valence electrons. The van der Waals surface area contributed by atoms with Gasteiger partial charge in [0.1, 0.15) is 18.6 Å². The molecule has 7 aliphatic heterocycles. The van der Waals surface area contributed by atoms with Gasteiger partial charge in [0.05, 0.1) is 30.3 Å². The highest BCUT2D eigenvalue weighted by Crippen LogP contribution is 2.51. The molecule has 8 amide bonds. The van der Waals surface area contributed by atoms with Gasteiger partial charge in [-0.05, 0) is 317 Å². The number of Topliss-reactive ketones (excluding diaryl/α,β-unsaturated/α-hetero) is 1. The molecule has 6 aromatic rings. The normalized spacial score (nSPS) is 20.4. The van der Waals surface area contributed by atoms with E-state index in [2.05, 4.69) is 137 Å². The molecule has 0 spiro atoms. The van der Waals surface area contributed by atoms with Gasteiger partial charge in [0.15, 0.2) is 0 Å². The maximum absolute atomic E-state index is 13.4. The SMILES string of the molecule is CC(=O)CCCC(=O)N1CCC(CC(=O)N2CCC([C@H]3c4ncc(Br)cc4CCc4cc(Cl)cc(Br)c43)CC2)CC1.CN(C)C(=O)CC(=O)N1CCC(CC(=O)N2CCC([C@H]3c4ncc(Br)cc4CCc4cc(Cl)cc(Br)c43)CC2)CC1.O=C(CC(=O)N1CCC(CC(=O)N2CCC([C@H]3c4ncc(Br)cc4CCc4cc(Cl)cc(Br)c43)CC2)CC1)N1CCOCC1. The van der Waals surface area contributed by atoms with E-state index >= 15 is 0 Å². The summed E-state index contributed by atoms with van der Waals surface area (Å²) in [5.41, 5.74) is 15.0. The van der Waals surface area contributed by atoms with Crippen LogP contribution in [0.2, 0.25) is 15.1 Å². The Hall–Kier alpha value is -5.75. The molecule has 30 heteroatoms. The minimum atomic E-state index is -0.175. The van der Waals surface area contributed by atoms with Crippen LogP contribution in [0.1, 0.15) is 220 Å². The number of rotatable bonds is 17. The van der Waals surface area contributed by atoms with Crippen LogP contribution in [0.5, 0.6) is 0 Å². The smallest absolute Gasteiger partial charge is 0.232 e. The van der Waals surface area contributed by atoms with E-state index in [4.69, 9.17) is 54.5 Å². The average molecular weight is 2170 g/mol. The van der Waals surface area contributed by atoms with E-state index in [1.165, 1.54) is 55.0 Å². The fourth-order valence-electron chi connectivity index (χ4n) is 21.0. The molecular formula is C96H114Br6Cl3N11O10. The number of pyridine rings is 3. The predicted molar refractivity (Wildman–Crippen MR) is 511 cm³/mol. The molecule has 0 saturated carbocycles. The van der Waals surface area contributed by atoms with Crippen molar-refractivity contribution in [2.24, 2.45) is 35.5 Å². The molecule has 7 saturated heterocycles. The van der Waals surface area contributed by atoms with Crippen LogP contribution in [-0.2, 0) is 86.4 Å². The molecule has 10 aliphatic rings. The summed E-state index contributed by atoms with van der Waals surface area (Å²) in [6.45, 7) is 12.1. The lowest BCUT2D eigenvalue weighted by Gasteiger charge is -2.38. The number of carbonyl (C=O) groups is 9. The highest BCUT2D eigenvalue weighted by molar-refractivity contribution is 9.11. The Labute approximate surface area is 806 Å². The first-order chi connectivity index (χ1) is 60.6. The highest BCUT2D eigenvalue weighted by atomic mass is 79.9. The van der Waals surface area contributed by atoms with Crippen LogP contribution in [0.15, 0.2) is 100 Å². The summed E-state index contributed by atoms with van der Waals surface area (Å²) in [7, 11) is 3.32. The van der Waals surface area contributed by atoms with Gasteiger partial charge in [-0.2, -0.15) is 0 Å². The Morgan fingerprint density at radius 3 is 0.944 bits per heavy atom. The summed E-state index contributed by atoms with van der Waals surface area (Å²) >= 11 is 41.8. The van der Waals surface area contributed by atoms with E-state index in [-0.39, 0.29) is 95.5 Å². The minimum Gasteiger partial charge on any atom is -0.378 e. The van der Waals surface area contributed by atoms with Crippen molar-refractivity contribution in [3.05, 3.63) is 182 Å². The van der Waals surface area contributed by atoms with E-state index in [0.29, 0.717) is 128 Å². The summed E-state index contributed by atoms with van der Waals surface area (Å²) in [6, 6.07) is 18.9. The third-order valence-corrected chi connectivity index (χ3v) is 31.9. The van der Waals surface area contributed by atoms with Crippen molar-refractivity contribution in [3.8, 4) is 0 Å². The fourth-order valence-corrected chi connectivity index (χ4v) is 25.5. The van der Waals surface area contributed by atoms with Crippen LogP contribution in [-0.4, -0.2) is 226 Å². The number of benzene rings is 3. The summed E-state index contributed by atoms with van der Waals surface area (Å²) in [5.74, 6) is 2.89. The van der Waals surface area contributed by atoms with E-state index < -0.39 is 0 Å². The Kier molecular flexibility index (Phi) is 34.1. The van der Waals surface area contributed by atoms with Crippen molar-refractivity contribution in [2.75, 3.05) is 119 Å². The first-order valence-electron chi connectivity index (χ1n) is 45.1. The Morgan fingerprint density at radius 2 is 0.635 bits per heavy atom. The van der Waals surface area contributed by atoms with Crippen LogP contribution in [0.3, 0.4) is 0 Å². The monoisotopic (exact) mass is 2160 g/mol. The molecule has 126 heavy (non-hydrogen) atoms. The molecule has 0 bridgehead atoms. The molecule has 7 fully saturated rings. The van der Waals surface area contributed by atoms with Crippen molar-refractivity contribution in [3.63, 3.8) is 0 Å². The number of carbonyl (C=O) groups excluding carboxylic acids is 9. The summed E-state index contributed by atoms with van der Waals surface area (Å²) in [5, 5.41) is 2.23. The van der Waals surface area contributed by atoms with Crippen molar-refractivity contribution in [1.29, 1.82) is 0 Å². The topological polar surface area (TPSA) is 227 Å². The molecule has 3 aromatic heterocycles. The number of amides is 8. The number of piperidine rings is 6. The minimum absolute atomic E-state index is 0.0785. The number of fused-ring (bicyclic) bond motifs is 6. The Morgan fingerprint density at radius 1 is 0.357 bits per heavy atom. The third-order valence-electron chi connectivity index (χ3n) is 28.0. The molecule has 10 heterocycles. The number of nitrogens with zero attached hydrogens (tertiary/aromatic N) is 11.